The van der Waals surface area contributed by atoms with Gasteiger partial charge in [0.15, 0.2) is 0 Å². The summed E-state index contributed by atoms with van der Waals surface area (Å²) in [6, 6.07) is 0.0688. The molecule has 0 aliphatic carbocycles. The summed E-state index contributed by atoms with van der Waals surface area (Å²) in [6.07, 6.45) is 4.16. The Morgan fingerprint density at radius 1 is 1.60 bits per heavy atom. The van der Waals surface area contributed by atoms with Gasteiger partial charge in [0, 0.05) is 6.54 Å². The molecule has 0 aromatic rings. The van der Waals surface area contributed by atoms with Crippen LogP contribution in [0.3, 0.4) is 0 Å². The molecule has 1 amide bonds. The van der Waals surface area contributed by atoms with Crippen molar-refractivity contribution in [1.82, 2.24) is 10.2 Å². The van der Waals surface area contributed by atoms with Crippen LogP contribution in [0.5, 0.6) is 0 Å². The highest BCUT2D eigenvalue weighted by Gasteiger charge is 2.30. The topological polar surface area (TPSA) is 32.3 Å². The van der Waals surface area contributed by atoms with Crippen molar-refractivity contribution >= 4 is 17.7 Å². The standard InChI is InChI=1S/C11H22N2OS/c1-9(2)7-10-11(14)13(8-12-10)5-4-6-15-3/h9-10,12H,4-8H2,1-3H3. The number of amides is 1. The number of hydrogen-bond donors (Lipinski definition) is 1. The van der Waals surface area contributed by atoms with Gasteiger partial charge in [0.25, 0.3) is 0 Å². The van der Waals surface area contributed by atoms with E-state index in [1.807, 2.05) is 16.7 Å². The van der Waals surface area contributed by atoms with Gasteiger partial charge in [0.05, 0.1) is 12.7 Å². The van der Waals surface area contributed by atoms with E-state index in [1.165, 1.54) is 0 Å². The Morgan fingerprint density at radius 2 is 2.33 bits per heavy atom. The second kappa shape index (κ2) is 6.38. The van der Waals surface area contributed by atoms with Crippen LogP contribution >= 0.6 is 11.8 Å². The molecule has 0 saturated carbocycles. The minimum atomic E-state index is 0.0688. The lowest BCUT2D eigenvalue weighted by Crippen LogP contribution is -2.32. The summed E-state index contributed by atoms with van der Waals surface area (Å²) in [4.78, 5) is 13.8. The molecular formula is C11H22N2OS. The lowest BCUT2D eigenvalue weighted by molar-refractivity contribution is -0.129. The monoisotopic (exact) mass is 230 g/mol. The molecule has 1 rings (SSSR count). The van der Waals surface area contributed by atoms with Crippen molar-refractivity contribution in [3.8, 4) is 0 Å². The zero-order chi connectivity index (χ0) is 11.3. The number of hydrogen-bond acceptors (Lipinski definition) is 3. The molecule has 0 aromatic heterocycles. The Morgan fingerprint density at radius 3 is 2.93 bits per heavy atom. The molecule has 1 saturated heterocycles. The number of nitrogens with zero attached hydrogens (tertiary/aromatic N) is 1. The predicted molar refractivity (Wildman–Crippen MR) is 66.0 cm³/mol. The van der Waals surface area contributed by atoms with Crippen molar-refractivity contribution in [3.63, 3.8) is 0 Å². The Hall–Kier alpha value is -0.220. The summed E-state index contributed by atoms with van der Waals surface area (Å²) >= 11 is 1.84. The maximum absolute atomic E-state index is 11.9. The average molecular weight is 230 g/mol. The van der Waals surface area contributed by atoms with Crippen molar-refractivity contribution in [2.45, 2.75) is 32.7 Å². The minimum Gasteiger partial charge on any atom is -0.329 e. The van der Waals surface area contributed by atoms with Crippen molar-refractivity contribution in [2.24, 2.45) is 5.92 Å². The molecular weight excluding hydrogens is 208 g/mol. The molecule has 15 heavy (non-hydrogen) atoms. The number of carbonyl (C=O) groups is 1. The third-order valence-corrected chi connectivity index (χ3v) is 3.32. The van der Waals surface area contributed by atoms with Gasteiger partial charge < -0.3 is 4.90 Å². The summed E-state index contributed by atoms with van der Waals surface area (Å²) in [5.41, 5.74) is 0. The van der Waals surface area contributed by atoms with E-state index >= 15 is 0 Å². The van der Waals surface area contributed by atoms with Crippen LogP contribution in [-0.2, 0) is 4.79 Å². The van der Waals surface area contributed by atoms with Crippen LogP contribution in [0, 0.1) is 5.92 Å². The molecule has 88 valence electrons. The molecule has 0 spiro atoms. The molecule has 0 bridgehead atoms. The smallest absolute Gasteiger partial charge is 0.240 e. The second-order valence-electron chi connectivity index (χ2n) is 4.49. The molecule has 1 atom stereocenters. The molecule has 1 fully saturated rings. The van der Waals surface area contributed by atoms with E-state index in [9.17, 15) is 4.79 Å². The molecule has 0 aromatic carbocycles. The van der Waals surface area contributed by atoms with Crippen LogP contribution in [0.4, 0.5) is 0 Å². The van der Waals surface area contributed by atoms with E-state index in [4.69, 9.17) is 0 Å². The second-order valence-corrected chi connectivity index (χ2v) is 5.48. The fourth-order valence-corrected chi connectivity index (χ4v) is 2.27. The summed E-state index contributed by atoms with van der Waals surface area (Å²) in [5.74, 6) is 2.01. The van der Waals surface area contributed by atoms with Crippen LogP contribution in [0.2, 0.25) is 0 Å². The van der Waals surface area contributed by atoms with Gasteiger partial charge in [-0.25, -0.2) is 0 Å². The normalized spacial score (nSPS) is 21.7. The fourth-order valence-electron chi connectivity index (χ4n) is 1.85. The predicted octanol–water partition coefficient (Wildman–Crippen LogP) is 1.54. The lowest BCUT2D eigenvalue weighted by Gasteiger charge is -2.15. The summed E-state index contributed by atoms with van der Waals surface area (Å²) in [6.45, 7) is 5.96. The van der Waals surface area contributed by atoms with Gasteiger partial charge in [-0.3, -0.25) is 10.1 Å². The lowest BCUT2D eigenvalue weighted by atomic mass is 10.0. The van der Waals surface area contributed by atoms with Gasteiger partial charge in [-0.15, -0.1) is 0 Å². The average Bonchev–Trinajstić information content (AvgIpc) is 2.49. The van der Waals surface area contributed by atoms with E-state index in [1.54, 1.807) is 0 Å². The zero-order valence-electron chi connectivity index (χ0n) is 9.95. The van der Waals surface area contributed by atoms with Gasteiger partial charge in [-0.2, -0.15) is 11.8 Å². The first kappa shape index (κ1) is 12.8. The Kier molecular flexibility index (Phi) is 5.47. The highest BCUT2D eigenvalue weighted by molar-refractivity contribution is 7.98. The summed E-state index contributed by atoms with van der Waals surface area (Å²) < 4.78 is 0. The largest absolute Gasteiger partial charge is 0.329 e. The van der Waals surface area contributed by atoms with Crippen molar-refractivity contribution in [3.05, 3.63) is 0 Å². The van der Waals surface area contributed by atoms with Gasteiger partial charge in [-0.1, -0.05) is 13.8 Å². The molecule has 1 N–H and O–H groups in total. The van der Waals surface area contributed by atoms with Crippen LogP contribution in [-0.4, -0.2) is 42.1 Å². The van der Waals surface area contributed by atoms with Gasteiger partial charge in [-0.05, 0) is 30.8 Å². The van der Waals surface area contributed by atoms with Gasteiger partial charge in [0.1, 0.15) is 0 Å². The molecule has 1 aliphatic heterocycles. The number of thioether (sulfide) groups is 1. The third-order valence-electron chi connectivity index (χ3n) is 2.62. The van der Waals surface area contributed by atoms with Gasteiger partial charge in [0.2, 0.25) is 5.91 Å². The molecule has 1 aliphatic rings. The fraction of sp³-hybridized carbons (Fsp3) is 0.909. The van der Waals surface area contributed by atoms with E-state index in [0.29, 0.717) is 11.8 Å². The first-order valence-corrected chi connectivity index (χ1v) is 7.05. The Labute approximate surface area is 97.0 Å². The summed E-state index contributed by atoms with van der Waals surface area (Å²) in [5, 5.41) is 3.28. The van der Waals surface area contributed by atoms with Crippen molar-refractivity contribution in [1.29, 1.82) is 0 Å². The number of carbonyl (C=O) groups excluding carboxylic acids is 1. The number of nitrogens with one attached hydrogen (secondary N) is 1. The minimum absolute atomic E-state index is 0.0688. The Balaban J connectivity index is 2.29. The summed E-state index contributed by atoms with van der Waals surface area (Å²) in [7, 11) is 0. The van der Waals surface area contributed by atoms with E-state index < -0.39 is 0 Å². The maximum atomic E-state index is 11.9. The third kappa shape index (κ3) is 4.03. The number of rotatable bonds is 6. The molecule has 1 unspecified atom stereocenters. The van der Waals surface area contributed by atoms with Crippen LogP contribution in [0.1, 0.15) is 26.7 Å². The zero-order valence-corrected chi connectivity index (χ0v) is 10.8. The SMILES string of the molecule is CSCCCN1CNC(CC(C)C)C1=O. The molecule has 3 nitrogen and oxygen atoms in total. The Bertz CT molecular complexity index is 209. The van der Waals surface area contributed by atoms with Crippen LogP contribution in [0.15, 0.2) is 0 Å². The van der Waals surface area contributed by atoms with Gasteiger partial charge >= 0.3 is 0 Å². The van der Waals surface area contributed by atoms with Crippen LogP contribution < -0.4 is 5.32 Å². The highest BCUT2D eigenvalue weighted by atomic mass is 32.2. The van der Waals surface area contributed by atoms with Crippen molar-refractivity contribution < 1.29 is 4.79 Å². The maximum Gasteiger partial charge on any atom is 0.240 e. The van der Waals surface area contributed by atoms with Crippen molar-refractivity contribution in [2.75, 3.05) is 25.2 Å². The first-order valence-electron chi connectivity index (χ1n) is 5.66. The quantitative estimate of drug-likeness (QED) is 0.703. The molecule has 1 heterocycles. The van der Waals surface area contributed by atoms with E-state index in [0.717, 1.165) is 31.8 Å². The van der Waals surface area contributed by atoms with E-state index in [2.05, 4.69) is 25.4 Å². The molecule has 0 radical (unpaired) electrons. The van der Waals surface area contributed by atoms with E-state index in [-0.39, 0.29) is 6.04 Å². The highest BCUT2D eigenvalue weighted by Crippen LogP contribution is 2.13. The van der Waals surface area contributed by atoms with Crippen LogP contribution in [0.25, 0.3) is 0 Å². The molecule has 4 heteroatoms. The first-order chi connectivity index (χ1) is 7.15.